The number of aliphatic hydroxyl groups is 2. The van der Waals surface area contributed by atoms with E-state index in [-0.39, 0.29) is 13.2 Å². The van der Waals surface area contributed by atoms with Crippen LogP contribution in [0.15, 0.2) is 18.2 Å². The monoisotopic (exact) mass is 421 g/mol. The fraction of sp³-hybridized carbons (Fsp3) is 0.684. The van der Waals surface area contributed by atoms with Crippen LogP contribution in [0, 0.1) is 0 Å². The standard InChI is InChI=1S/C17H29NO5.C2H6S2/c1-3-18(4-5-22-8-9-23-7-6-21-2)17-11-15(13-19)10-16(12-17)14-20;1-3-4-2/h10-12,19-20H,3-9,13-14H2,1-2H3;1-2H3. The van der Waals surface area contributed by atoms with Crippen molar-refractivity contribution in [2.45, 2.75) is 20.1 Å². The third-order valence-electron chi connectivity index (χ3n) is 3.63. The van der Waals surface area contributed by atoms with Gasteiger partial charge in [0.15, 0.2) is 0 Å². The molecule has 0 fully saturated rings. The van der Waals surface area contributed by atoms with Crippen LogP contribution in [0.3, 0.4) is 0 Å². The van der Waals surface area contributed by atoms with Crippen molar-refractivity contribution in [1.29, 1.82) is 0 Å². The molecule has 158 valence electrons. The molecular weight excluding hydrogens is 386 g/mol. The lowest BCUT2D eigenvalue weighted by Crippen LogP contribution is -2.28. The predicted molar refractivity (Wildman–Crippen MR) is 117 cm³/mol. The number of methoxy groups -OCH3 is 1. The molecule has 27 heavy (non-hydrogen) atoms. The Morgan fingerprint density at radius 1 is 0.852 bits per heavy atom. The van der Waals surface area contributed by atoms with Gasteiger partial charge in [-0.1, -0.05) is 27.7 Å². The Hall–Kier alpha value is -0.480. The minimum atomic E-state index is -0.0340. The van der Waals surface area contributed by atoms with Crippen LogP contribution in [-0.2, 0) is 27.4 Å². The van der Waals surface area contributed by atoms with E-state index in [1.165, 1.54) is 0 Å². The number of ether oxygens (including phenoxy) is 3. The summed E-state index contributed by atoms with van der Waals surface area (Å²) >= 11 is 0. The average Bonchev–Trinajstić information content (AvgIpc) is 2.72. The molecule has 0 amide bonds. The molecule has 6 nitrogen and oxygen atoms in total. The summed E-state index contributed by atoms with van der Waals surface area (Å²) < 4.78 is 15.8. The molecular formula is C19H35NO5S2. The summed E-state index contributed by atoms with van der Waals surface area (Å²) in [5.41, 5.74) is 2.60. The Morgan fingerprint density at radius 2 is 1.37 bits per heavy atom. The van der Waals surface area contributed by atoms with E-state index in [0.29, 0.717) is 33.0 Å². The fourth-order valence-corrected chi connectivity index (χ4v) is 2.22. The van der Waals surface area contributed by atoms with Crippen LogP contribution in [0.5, 0.6) is 0 Å². The van der Waals surface area contributed by atoms with E-state index >= 15 is 0 Å². The highest BCUT2D eigenvalue weighted by Gasteiger charge is 2.07. The van der Waals surface area contributed by atoms with E-state index in [1.54, 1.807) is 28.7 Å². The molecule has 1 rings (SSSR count). The minimum absolute atomic E-state index is 0.0340. The molecule has 0 bridgehead atoms. The third kappa shape index (κ3) is 13.3. The van der Waals surface area contributed by atoms with Crippen molar-refractivity contribution < 1.29 is 24.4 Å². The van der Waals surface area contributed by atoms with Crippen molar-refractivity contribution in [1.82, 2.24) is 0 Å². The van der Waals surface area contributed by atoms with Crippen molar-refractivity contribution in [3.05, 3.63) is 29.3 Å². The van der Waals surface area contributed by atoms with Gasteiger partial charge in [-0.25, -0.2) is 0 Å². The van der Waals surface area contributed by atoms with Gasteiger partial charge in [0.25, 0.3) is 0 Å². The van der Waals surface area contributed by atoms with Crippen LogP contribution < -0.4 is 4.90 Å². The lowest BCUT2D eigenvalue weighted by molar-refractivity contribution is 0.0265. The molecule has 1 aromatic rings. The summed E-state index contributed by atoms with van der Waals surface area (Å²) in [4.78, 5) is 2.16. The van der Waals surface area contributed by atoms with Gasteiger partial charge in [0.05, 0.1) is 46.2 Å². The second kappa shape index (κ2) is 18.9. The maximum atomic E-state index is 9.32. The van der Waals surface area contributed by atoms with Gasteiger partial charge in [0.1, 0.15) is 0 Å². The molecule has 0 aliphatic rings. The number of hydrogen-bond donors (Lipinski definition) is 2. The summed E-state index contributed by atoms with van der Waals surface area (Å²) in [6.45, 7) is 6.46. The van der Waals surface area contributed by atoms with E-state index in [0.717, 1.165) is 29.9 Å². The zero-order chi connectivity index (χ0) is 20.3. The quantitative estimate of drug-likeness (QED) is 0.351. The largest absolute Gasteiger partial charge is 0.392 e. The highest BCUT2D eigenvalue weighted by atomic mass is 33.1. The maximum absolute atomic E-state index is 9.32. The van der Waals surface area contributed by atoms with Crippen molar-refractivity contribution in [3.63, 3.8) is 0 Å². The van der Waals surface area contributed by atoms with Crippen molar-refractivity contribution in [2.24, 2.45) is 0 Å². The van der Waals surface area contributed by atoms with E-state index in [2.05, 4.69) is 24.3 Å². The molecule has 0 unspecified atom stereocenters. The van der Waals surface area contributed by atoms with Crippen LogP contribution in [0.1, 0.15) is 18.1 Å². The number of nitrogens with zero attached hydrogens (tertiary/aromatic N) is 1. The lowest BCUT2D eigenvalue weighted by Gasteiger charge is -2.24. The molecule has 8 heteroatoms. The SMILES string of the molecule is CCN(CCOCCOCCOC)c1cc(CO)cc(CO)c1.CSSC. The molecule has 0 atom stereocenters. The number of aliphatic hydroxyl groups excluding tert-OH is 2. The van der Waals surface area contributed by atoms with Crippen molar-refractivity contribution in [3.8, 4) is 0 Å². The van der Waals surface area contributed by atoms with E-state index in [9.17, 15) is 10.2 Å². The molecule has 1 aromatic carbocycles. The number of anilines is 1. The van der Waals surface area contributed by atoms with Crippen LogP contribution in [0.4, 0.5) is 5.69 Å². The van der Waals surface area contributed by atoms with Gasteiger partial charge in [-0.15, -0.1) is 0 Å². The third-order valence-corrected chi connectivity index (χ3v) is 4.96. The van der Waals surface area contributed by atoms with Crippen LogP contribution >= 0.6 is 21.6 Å². The summed E-state index contributed by atoms with van der Waals surface area (Å²) in [6, 6.07) is 5.69. The zero-order valence-corrected chi connectivity index (χ0v) is 18.6. The predicted octanol–water partition coefficient (Wildman–Crippen LogP) is 2.80. The van der Waals surface area contributed by atoms with Gasteiger partial charge in [-0.05, 0) is 42.7 Å². The van der Waals surface area contributed by atoms with Crippen LogP contribution in [-0.4, -0.2) is 76.0 Å². The zero-order valence-electron chi connectivity index (χ0n) is 17.0. The molecule has 0 saturated heterocycles. The van der Waals surface area contributed by atoms with Gasteiger partial charge in [0.2, 0.25) is 0 Å². The average molecular weight is 422 g/mol. The van der Waals surface area contributed by atoms with Crippen LogP contribution in [0.25, 0.3) is 0 Å². The topological polar surface area (TPSA) is 71.4 Å². The molecule has 0 aromatic heterocycles. The van der Waals surface area contributed by atoms with Crippen molar-refractivity contribution >= 4 is 27.3 Å². The summed E-state index contributed by atoms with van der Waals surface area (Å²) in [6.07, 6.45) is 4.12. The normalized spacial score (nSPS) is 10.4. The highest BCUT2D eigenvalue weighted by Crippen LogP contribution is 2.19. The first-order valence-electron chi connectivity index (χ1n) is 8.97. The first-order valence-corrected chi connectivity index (χ1v) is 11.9. The highest BCUT2D eigenvalue weighted by molar-refractivity contribution is 8.76. The number of likely N-dealkylation sites (N-methyl/N-ethyl adjacent to an activating group) is 1. The number of rotatable bonds is 14. The Bertz CT molecular complexity index is 441. The first-order chi connectivity index (χ1) is 13.2. The Morgan fingerprint density at radius 3 is 1.81 bits per heavy atom. The number of benzene rings is 1. The molecule has 0 aliphatic carbocycles. The summed E-state index contributed by atoms with van der Waals surface area (Å²) in [5, 5.41) is 18.6. The van der Waals surface area contributed by atoms with Gasteiger partial charge in [-0.3, -0.25) is 0 Å². The van der Waals surface area contributed by atoms with Crippen molar-refractivity contribution in [2.75, 3.05) is 70.6 Å². The van der Waals surface area contributed by atoms with Gasteiger partial charge < -0.3 is 29.3 Å². The maximum Gasteiger partial charge on any atom is 0.0701 e. The molecule has 0 spiro atoms. The van der Waals surface area contributed by atoms with Gasteiger partial charge >= 0.3 is 0 Å². The molecule has 0 heterocycles. The molecule has 0 saturated carbocycles. The minimum Gasteiger partial charge on any atom is -0.392 e. The van der Waals surface area contributed by atoms with Gasteiger partial charge in [-0.2, -0.15) is 0 Å². The van der Waals surface area contributed by atoms with E-state index in [4.69, 9.17) is 14.2 Å². The van der Waals surface area contributed by atoms with Gasteiger partial charge in [0, 0.05) is 25.9 Å². The Kier molecular flexibility index (Phi) is 18.5. The van der Waals surface area contributed by atoms with Crippen LogP contribution in [0.2, 0.25) is 0 Å². The number of hydrogen-bond acceptors (Lipinski definition) is 8. The van der Waals surface area contributed by atoms with E-state index in [1.807, 2.05) is 18.2 Å². The fourth-order valence-electron chi connectivity index (χ4n) is 2.22. The lowest BCUT2D eigenvalue weighted by atomic mass is 10.1. The second-order valence-electron chi connectivity index (χ2n) is 5.45. The molecule has 0 aliphatic heterocycles. The Balaban J connectivity index is 0.00000153. The Labute approximate surface area is 172 Å². The summed E-state index contributed by atoms with van der Waals surface area (Å²) in [7, 11) is 5.19. The summed E-state index contributed by atoms with van der Waals surface area (Å²) in [5.74, 6) is 0. The van der Waals surface area contributed by atoms with E-state index < -0.39 is 0 Å². The smallest absolute Gasteiger partial charge is 0.0701 e. The second-order valence-corrected chi connectivity index (χ2v) is 8.12. The molecule has 2 N–H and O–H groups in total. The first kappa shape index (κ1) is 26.5. The molecule has 0 radical (unpaired) electrons.